The molecule has 0 amide bonds. The average molecular weight is 256 g/mol. The lowest BCUT2D eigenvalue weighted by Gasteiger charge is -2.10. The lowest BCUT2D eigenvalue weighted by Crippen LogP contribution is -2.17. The summed E-state index contributed by atoms with van der Waals surface area (Å²) in [7, 11) is 0. The first-order chi connectivity index (χ1) is 9.22. The molecular weight excluding hydrogens is 236 g/mol. The third-order valence-electron chi connectivity index (χ3n) is 3.60. The van der Waals surface area contributed by atoms with Crippen LogP contribution in [0, 0.1) is 0 Å². The zero-order chi connectivity index (χ0) is 13.2. The summed E-state index contributed by atoms with van der Waals surface area (Å²) in [6.07, 6.45) is 5.27. The zero-order valence-corrected chi connectivity index (χ0v) is 11.3. The van der Waals surface area contributed by atoms with E-state index in [1.807, 2.05) is 19.1 Å². The fourth-order valence-electron chi connectivity index (χ4n) is 2.73. The van der Waals surface area contributed by atoms with Crippen molar-refractivity contribution in [3.05, 3.63) is 53.9 Å². The van der Waals surface area contributed by atoms with Gasteiger partial charge in [0.25, 0.3) is 0 Å². The summed E-state index contributed by atoms with van der Waals surface area (Å²) in [5.74, 6) is 1.49. The SMILES string of the molecule is CC(N)Cc1ccn(CC2COc3ccccc32)c1. The lowest BCUT2D eigenvalue weighted by molar-refractivity contribution is 0.319. The molecule has 0 saturated heterocycles. The molecule has 0 spiro atoms. The first kappa shape index (κ1) is 12.3. The van der Waals surface area contributed by atoms with Crippen LogP contribution in [-0.2, 0) is 13.0 Å². The van der Waals surface area contributed by atoms with E-state index < -0.39 is 0 Å². The maximum Gasteiger partial charge on any atom is 0.122 e. The van der Waals surface area contributed by atoms with Crippen LogP contribution in [0.25, 0.3) is 0 Å². The van der Waals surface area contributed by atoms with Crippen molar-refractivity contribution in [1.82, 2.24) is 4.57 Å². The first-order valence-electron chi connectivity index (χ1n) is 6.84. The second-order valence-electron chi connectivity index (χ2n) is 5.44. The first-order valence-corrected chi connectivity index (χ1v) is 6.84. The largest absolute Gasteiger partial charge is 0.493 e. The highest BCUT2D eigenvalue weighted by molar-refractivity contribution is 5.39. The normalized spacial score (nSPS) is 18.9. The lowest BCUT2D eigenvalue weighted by atomic mass is 10.0. The number of rotatable bonds is 4. The number of benzene rings is 1. The predicted octanol–water partition coefficient (Wildman–Crippen LogP) is 2.55. The van der Waals surface area contributed by atoms with Gasteiger partial charge in [-0.05, 0) is 31.0 Å². The number of hydrogen-bond acceptors (Lipinski definition) is 2. The van der Waals surface area contributed by atoms with Gasteiger partial charge in [0.1, 0.15) is 5.75 Å². The van der Waals surface area contributed by atoms with E-state index in [0.717, 1.165) is 25.3 Å². The highest BCUT2D eigenvalue weighted by Gasteiger charge is 2.23. The van der Waals surface area contributed by atoms with Crippen molar-refractivity contribution in [1.29, 1.82) is 0 Å². The van der Waals surface area contributed by atoms with E-state index in [2.05, 4.69) is 35.2 Å². The van der Waals surface area contributed by atoms with Crippen LogP contribution >= 0.6 is 0 Å². The third kappa shape index (κ3) is 2.66. The van der Waals surface area contributed by atoms with Gasteiger partial charge in [-0.25, -0.2) is 0 Å². The molecule has 3 nitrogen and oxygen atoms in total. The number of hydrogen-bond donors (Lipinski definition) is 1. The molecule has 1 aliphatic heterocycles. The predicted molar refractivity (Wildman–Crippen MR) is 76.5 cm³/mol. The van der Waals surface area contributed by atoms with Gasteiger partial charge in [-0.3, -0.25) is 0 Å². The van der Waals surface area contributed by atoms with Gasteiger partial charge in [-0.2, -0.15) is 0 Å². The van der Waals surface area contributed by atoms with E-state index in [0.29, 0.717) is 5.92 Å². The number of ether oxygens (including phenoxy) is 1. The Morgan fingerprint density at radius 3 is 3.05 bits per heavy atom. The molecule has 1 aliphatic rings. The molecule has 2 N–H and O–H groups in total. The Morgan fingerprint density at radius 2 is 2.21 bits per heavy atom. The van der Waals surface area contributed by atoms with E-state index in [1.165, 1.54) is 11.1 Å². The van der Waals surface area contributed by atoms with Crippen LogP contribution in [0.3, 0.4) is 0 Å². The minimum Gasteiger partial charge on any atom is -0.493 e. The second kappa shape index (κ2) is 5.10. The second-order valence-corrected chi connectivity index (χ2v) is 5.44. The molecule has 0 bridgehead atoms. The molecule has 2 aromatic rings. The van der Waals surface area contributed by atoms with Gasteiger partial charge in [0.15, 0.2) is 0 Å². The van der Waals surface area contributed by atoms with Crippen LogP contribution in [0.2, 0.25) is 0 Å². The number of nitrogens with two attached hydrogens (primary N) is 1. The van der Waals surface area contributed by atoms with Gasteiger partial charge in [-0.1, -0.05) is 18.2 Å². The maximum absolute atomic E-state index is 5.83. The van der Waals surface area contributed by atoms with Crippen LogP contribution in [-0.4, -0.2) is 17.2 Å². The maximum atomic E-state index is 5.83. The van der Waals surface area contributed by atoms with Crippen molar-refractivity contribution in [3.63, 3.8) is 0 Å². The van der Waals surface area contributed by atoms with Gasteiger partial charge >= 0.3 is 0 Å². The molecule has 3 rings (SSSR count). The van der Waals surface area contributed by atoms with E-state index in [4.69, 9.17) is 10.5 Å². The van der Waals surface area contributed by atoms with Crippen LogP contribution in [0.5, 0.6) is 5.75 Å². The molecule has 0 fully saturated rings. The summed E-state index contributed by atoms with van der Waals surface area (Å²) >= 11 is 0. The molecule has 2 heterocycles. The Morgan fingerprint density at radius 1 is 1.37 bits per heavy atom. The summed E-state index contributed by atoms with van der Waals surface area (Å²) < 4.78 is 7.97. The van der Waals surface area contributed by atoms with Crippen LogP contribution in [0.1, 0.15) is 24.0 Å². The Kier molecular flexibility index (Phi) is 3.30. The van der Waals surface area contributed by atoms with Gasteiger partial charge in [0.05, 0.1) is 6.61 Å². The van der Waals surface area contributed by atoms with E-state index in [9.17, 15) is 0 Å². The van der Waals surface area contributed by atoms with E-state index in [1.54, 1.807) is 0 Å². The van der Waals surface area contributed by atoms with Gasteiger partial charge in [0, 0.05) is 36.5 Å². The summed E-state index contributed by atoms with van der Waals surface area (Å²) in [6, 6.07) is 10.7. The van der Waals surface area contributed by atoms with Crippen LogP contribution in [0.4, 0.5) is 0 Å². The van der Waals surface area contributed by atoms with Crippen molar-refractivity contribution in [3.8, 4) is 5.75 Å². The average Bonchev–Trinajstić information content (AvgIpc) is 2.97. The number of aromatic nitrogens is 1. The summed E-state index contributed by atoms with van der Waals surface area (Å²) in [5, 5.41) is 0. The summed E-state index contributed by atoms with van der Waals surface area (Å²) in [5.41, 5.74) is 8.46. The number of nitrogens with zero attached hydrogens (tertiary/aromatic N) is 1. The van der Waals surface area contributed by atoms with Crippen molar-refractivity contribution in [2.75, 3.05) is 6.61 Å². The summed E-state index contributed by atoms with van der Waals surface area (Å²) in [4.78, 5) is 0. The van der Waals surface area contributed by atoms with Crippen molar-refractivity contribution in [2.24, 2.45) is 5.73 Å². The molecule has 19 heavy (non-hydrogen) atoms. The van der Waals surface area contributed by atoms with Crippen molar-refractivity contribution < 1.29 is 4.74 Å². The molecule has 1 aromatic carbocycles. The van der Waals surface area contributed by atoms with Crippen molar-refractivity contribution in [2.45, 2.75) is 31.8 Å². The molecule has 0 saturated carbocycles. The van der Waals surface area contributed by atoms with Gasteiger partial charge in [-0.15, -0.1) is 0 Å². The Labute approximate surface area is 114 Å². The monoisotopic (exact) mass is 256 g/mol. The molecule has 0 radical (unpaired) electrons. The zero-order valence-electron chi connectivity index (χ0n) is 11.3. The van der Waals surface area contributed by atoms with Crippen LogP contribution < -0.4 is 10.5 Å². The number of fused-ring (bicyclic) bond motifs is 1. The fraction of sp³-hybridized carbons (Fsp3) is 0.375. The highest BCUT2D eigenvalue weighted by Crippen LogP contribution is 2.34. The van der Waals surface area contributed by atoms with Gasteiger partial charge in [0.2, 0.25) is 0 Å². The fourth-order valence-corrected chi connectivity index (χ4v) is 2.73. The van der Waals surface area contributed by atoms with Gasteiger partial charge < -0.3 is 15.0 Å². The molecule has 3 heteroatoms. The molecular formula is C16H20N2O. The minimum absolute atomic E-state index is 0.214. The van der Waals surface area contributed by atoms with Crippen LogP contribution in [0.15, 0.2) is 42.7 Å². The highest BCUT2D eigenvalue weighted by atomic mass is 16.5. The van der Waals surface area contributed by atoms with E-state index in [-0.39, 0.29) is 6.04 Å². The Bertz CT molecular complexity index is 559. The number of para-hydroxylation sites is 1. The Hall–Kier alpha value is -1.74. The standard InChI is InChI=1S/C16H20N2O/c1-12(17)8-13-6-7-18(9-13)10-14-11-19-16-5-3-2-4-15(14)16/h2-7,9,12,14H,8,10-11,17H2,1H3. The quantitative estimate of drug-likeness (QED) is 0.913. The van der Waals surface area contributed by atoms with Crippen molar-refractivity contribution >= 4 is 0 Å². The Balaban J connectivity index is 1.71. The third-order valence-corrected chi connectivity index (χ3v) is 3.60. The minimum atomic E-state index is 0.214. The molecule has 2 atom stereocenters. The molecule has 2 unspecified atom stereocenters. The molecule has 100 valence electrons. The topological polar surface area (TPSA) is 40.2 Å². The smallest absolute Gasteiger partial charge is 0.122 e. The molecule has 0 aliphatic carbocycles. The van der Waals surface area contributed by atoms with E-state index >= 15 is 0 Å². The summed E-state index contributed by atoms with van der Waals surface area (Å²) in [6.45, 7) is 3.79. The molecule has 1 aromatic heterocycles.